The molecule has 2 aromatic heterocycles. The van der Waals surface area contributed by atoms with Crippen LogP contribution in [0, 0.1) is 6.92 Å². The summed E-state index contributed by atoms with van der Waals surface area (Å²) >= 11 is 0. The van der Waals surface area contributed by atoms with Crippen LogP contribution in [0.5, 0.6) is 0 Å². The summed E-state index contributed by atoms with van der Waals surface area (Å²) in [6.07, 6.45) is -2.86. The summed E-state index contributed by atoms with van der Waals surface area (Å²) in [4.78, 5) is 15.4. The van der Waals surface area contributed by atoms with Crippen molar-refractivity contribution in [3.05, 3.63) is 35.9 Å². The molecule has 0 saturated carbocycles. The number of fused-ring (bicyclic) bond motifs is 1. The third-order valence-electron chi connectivity index (χ3n) is 3.77. The van der Waals surface area contributed by atoms with E-state index >= 15 is 0 Å². The summed E-state index contributed by atoms with van der Waals surface area (Å²) in [6, 6.07) is 5.05. The molecular weight excluding hydrogens is 349 g/mol. The first-order valence-electron chi connectivity index (χ1n) is 7.95. The van der Waals surface area contributed by atoms with E-state index in [1.54, 1.807) is 22.8 Å². The molecular formula is C17H17F3N4O2. The van der Waals surface area contributed by atoms with Gasteiger partial charge in [0.15, 0.2) is 0 Å². The van der Waals surface area contributed by atoms with Gasteiger partial charge in [0, 0.05) is 28.7 Å². The normalized spacial score (nSPS) is 12.1. The Hall–Kier alpha value is -2.84. The van der Waals surface area contributed by atoms with Gasteiger partial charge >= 0.3 is 12.1 Å². The molecule has 3 aromatic rings. The number of aryl methyl sites for hydroxylation is 1. The van der Waals surface area contributed by atoms with E-state index in [9.17, 15) is 18.0 Å². The summed E-state index contributed by atoms with van der Waals surface area (Å²) in [6.45, 7) is 5.77. The van der Waals surface area contributed by atoms with Crippen molar-refractivity contribution in [2.24, 2.45) is 0 Å². The lowest BCUT2D eigenvalue weighted by Crippen LogP contribution is -2.32. The maximum absolute atomic E-state index is 12.6. The second-order valence-electron chi connectivity index (χ2n) is 6.32. The highest BCUT2D eigenvalue weighted by molar-refractivity contribution is 5.89. The topological polar surface area (TPSA) is 73.0 Å². The van der Waals surface area contributed by atoms with Gasteiger partial charge in [-0.3, -0.25) is 4.79 Å². The number of rotatable bonds is 4. The Morgan fingerprint density at radius 1 is 1.35 bits per heavy atom. The van der Waals surface area contributed by atoms with E-state index in [0.29, 0.717) is 5.56 Å². The zero-order chi connectivity index (χ0) is 19.1. The highest BCUT2D eigenvalue weighted by atomic mass is 19.4. The number of benzene rings is 1. The third-order valence-corrected chi connectivity index (χ3v) is 3.77. The molecule has 138 valence electrons. The SMILES string of the molecule is Cc1cn(CC(=O)NC(C)C)c2ccc(-c3noc(C(F)(F)F)n3)cc12. The average molecular weight is 366 g/mol. The lowest BCUT2D eigenvalue weighted by atomic mass is 10.1. The maximum Gasteiger partial charge on any atom is 0.471 e. The smallest absolute Gasteiger partial charge is 0.352 e. The molecule has 0 aliphatic rings. The lowest BCUT2D eigenvalue weighted by molar-refractivity contribution is -0.159. The predicted molar refractivity (Wildman–Crippen MR) is 88.2 cm³/mol. The largest absolute Gasteiger partial charge is 0.471 e. The first-order valence-corrected chi connectivity index (χ1v) is 7.95. The van der Waals surface area contributed by atoms with Crippen LogP contribution in [0.2, 0.25) is 0 Å². The van der Waals surface area contributed by atoms with E-state index in [0.717, 1.165) is 16.5 Å². The Balaban J connectivity index is 1.94. The predicted octanol–water partition coefficient (Wildman–Crippen LogP) is 3.54. The summed E-state index contributed by atoms with van der Waals surface area (Å²) in [5, 5.41) is 7.02. The van der Waals surface area contributed by atoms with Crippen LogP contribution in [0.3, 0.4) is 0 Å². The molecule has 6 nitrogen and oxygen atoms in total. The van der Waals surface area contributed by atoms with E-state index in [1.165, 1.54) is 0 Å². The van der Waals surface area contributed by atoms with Gasteiger partial charge in [0.2, 0.25) is 11.7 Å². The summed E-state index contributed by atoms with van der Waals surface area (Å²) < 4.78 is 43.9. The molecule has 0 atom stereocenters. The molecule has 1 N–H and O–H groups in total. The van der Waals surface area contributed by atoms with Crippen molar-refractivity contribution in [2.45, 2.75) is 39.5 Å². The van der Waals surface area contributed by atoms with Crippen LogP contribution < -0.4 is 5.32 Å². The molecule has 0 aliphatic carbocycles. The van der Waals surface area contributed by atoms with Crippen molar-refractivity contribution in [3.8, 4) is 11.4 Å². The van der Waals surface area contributed by atoms with Crippen LogP contribution in [0.25, 0.3) is 22.3 Å². The molecule has 0 saturated heterocycles. The molecule has 26 heavy (non-hydrogen) atoms. The minimum atomic E-state index is -4.68. The third kappa shape index (κ3) is 3.56. The quantitative estimate of drug-likeness (QED) is 0.767. The number of amides is 1. The fourth-order valence-electron chi connectivity index (χ4n) is 2.72. The minimum absolute atomic E-state index is 0.0399. The molecule has 0 fully saturated rings. The van der Waals surface area contributed by atoms with Gasteiger partial charge in [-0.1, -0.05) is 5.16 Å². The van der Waals surface area contributed by atoms with Gasteiger partial charge in [0.1, 0.15) is 6.54 Å². The molecule has 0 spiro atoms. The zero-order valence-corrected chi connectivity index (χ0v) is 14.4. The van der Waals surface area contributed by atoms with E-state index in [4.69, 9.17) is 0 Å². The van der Waals surface area contributed by atoms with Gasteiger partial charge < -0.3 is 14.4 Å². The van der Waals surface area contributed by atoms with Crippen molar-refractivity contribution in [3.63, 3.8) is 0 Å². The van der Waals surface area contributed by atoms with Crippen LogP contribution >= 0.6 is 0 Å². The van der Waals surface area contributed by atoms with Gasteiger partial charge in [0.05, 0.1) is 0 Å². The molecule has 2 heterocycles. The number of carbonyl (C=O) groups excluding carboxylic acids is 1. The van der Waals surface area contributed by atoms with Gasteiger partial charge in [-0.05, 0) is 44.5 Å². The Labute approximate surface area is 147 Å². The summed E-state index contributed by atoms with van der Waals surface area (Å²) in [5.74, 6) is -1.63. The van der Waals surface area contributed by atoms with Crippen molar-refractivity contribution >= 4 is 16.8 Å². The molecule has 0 bridgehead atoms. The molecule has 9 heteroatoms. The van der Waals surface area contributed by atoms with E-state index in [1.807, 2.05) is 27.0 Å². The molecule has 0 unspecified atom stereocenters. The number of nitrogens with one attached hydrogen (secondary N) is 1. The maximum atomic E-state index is 12.6. The first-order chi connectivity index (χ1) is 12.1. The number of nitrogens with zero attached hydrogens (tertiary/aromatic N) is 3. The summed E-state index contributed by atoms with van der Waals surface area (Å²) in [7, 11) is 0. The number of aromatic nitrogens is 3. The Morgan fingerprint density at radius 3 is 2.69 bits per heavy atom. The van der Waals surface area contributed by atoms with Crippen molar-refractivity contribution < 1.29 is 22.5 Å². The van der Waals surface area contributed by atoms with Gasteiger partial charge in [-0.2, -0.15) is 18.2 Å². The van der Waals surface area contributed by atoms with Crippen LogP contribution in [-0.4, -0.2) is 26.7 Å². The van der Waals surface area contributed by atoms with Crippen molar-refractivity contribution in [1.29, 1.82) is 0 Å². The van der Waals surface area contributed by atoms with E-state index in [2.05, 4.69) is 20.0 Å². The van der Waals surface area contributed by atoms with Crippen LogP contribution in [-0.2, 0) is 17.5 Å². The zero-order valence-electron chi connectivity index (χ0n) is 14.4. The van der Waals surface area contributed by atoms with E-state index in [-0.39, 0.29) is 24.3 Å². The second kappa shape index (κ2) is 6.47. The van der Waals surface area contributed by atoms with Crippen molar-refractivity contribution in [2.75, 3.05) is 0 Å². The molecule has 3 rings (SSSR count). The Morgan fingerprint density at radius 2 is 2.08 bits per heavy atom. The average Bonchev–Trinajstić information content (AvgIpc) is 3.12. The fourth-order valence-corrected chi connectivity index (χ4v) is 2.72. The number of hydrogen-bond donors (Lipinski definition) is 1. The minimum Gasteiger partial charge on any atom is -0.352 e. The first kappa shape index (κ1) is 18.0. The Kier molecular flexibility index (Phi) is 4.47. The molecule has 0 aliphatic heterocycles. The van der Waals surface area contributed by atoms with Crippen molar-refractivity contribution in [1.82, 2.24) is 20.0 Å². The summed E-state index contributed by atoms with van der Waals surface area (Å²) in [5.41, 5.74) is 2.09. The van der Waals surface area contributed by atoms with Gasteiger partial charge in [-0.25, -0.2) is 0 Å². The monoisotopic (exact) mass is 366 g/mol. The number of hydrogen-bond acceptors (Lipinski definition) is 4. The van der Waals surface area contributed by atoms with Crippen LogP contribution in [0.1, 0.15) is 25.3 Å². The second-order valence-corrected chi connectivity index (χ2v) is 6.32. The number of halogens is 3. The highest BCUT2D eigenvalue weighted by Gasteiger charge is 2.38. The standard InChI is InChI=1S/C17H17F3N4O2/c1-9(2)21-14(25)8-24-7-10(3)12-6-11(4-5-13(12)24)15-22-16(26-23-15)17(18,19)20/h4-7,9H,8H2,1-3H3,(H,21,25). The molecule has 0 radical (unpaired) electrons. The Bertz CT molecular complexity index is 957. The molecule has 1 amide bonds. The number of alkyl halides is 3. The van der Waals surface area contributed by atoms with Gasteiger partial charge in [0.25, 0.3) is 0 Å². The van der Waals surface area contributed by atoms with Crippen LogP contribution in [0.15, 0.2) is 28.9 Å². The van der Waals surface area contributed by atoms with E-state index < -0.39 is 12.1 Å². The highest BCUT2D eigenvalue weighted by Crippen LogP contribution is 2.31. The van der Waals surface area contributed by atoms with Crippen LogP contribution in [0.4, 0.5) is 13.2 Å². The fraction of sp³-hybridized carbons (Fsp3) is 0.353. The number of carbonyl (C=O) groups is 1. The van der Waals surface area contributed by atoms with Gasteiger partial charge in [-0.15, -0.1) is 0 Å². The lowest BCUT2D eigenvalue weighted by Gasteiger charge is -2.09. The molecule has 1 aromatic carbocycles.